The average molecular weight is 206 g/mol. The molecule has 78 valence electrons. The number of rotatable bonds is 5. The van der Waals surface area contributed by atoms with Crippen molar-refractivity contribution in [3.8, 4) is 0 Å². The summed E-state index contributed by atoms with van der Waals surface area (Å²) in [7, 11) is -1.20. The Labute approximate surface area is 80.5 Å². The average Bonchev–Trinajstić information content (AvgIpc) is 2.00. The van der Waals surface area contributed by atoms with Gasteiger partial charge in [0, 0.05) is 27.2 Å². The molecule has 0 aliphatic carbocycles. The van der Waals surface area contributed by atoms with E-state index in [0.29, 0.717) is 12.5 Å². The van der Waals surface area contributed by atoms with Crippen LogP contribution in [0, 0.1) is 5.92 Å². The Morgan fingerprint density at radius 2 is 2.00 bits per heavy atom. The molecule has 0 amide bonds. The van der Waals surface area contributed by atoms with Gasteiger partial charge in [-0.15, -0.1) is 0 Å². The zero-order valence-electron chi connectivity index (χ0n) is 8.92. The lowest BCUT2D eigenvalue weighted by Gasteiger charge is -2.23. The predicted molar refractivity (Wildman–Crippen MR) is 51.2 cm³/mol. The molecule has 0 aliphatic rings. The molecule has 0 spiro atoms. The van der Waals surface area contributed by atoms with E-state index in [1.165, 1.54) is 14.0 Å². The fourth-order valence-corrected chi connectivity index (χ4v) is 2.13. The summed E-state index contributed by atoms with van der Waals surface area (Å²) in [6.45, 7) is 7.65. The van der Waals surface area contributed by atoms with Gasteiger partial charge in [-0.2, -0.15) is 0 Å². The van der Waals surface area contributed by atoms with Crippen molar-refractivity contribution >= 4 is 14.8 Å². The van der Waals surface area contributed by atoms with Crippen LogP contribution in [0.5, 0.6) is 0 Å². The fourth-order valence-electron chi connectivity index (χ4n) is 0.709. The molecule has 0 rings (SSSR count). The number of hydrogen-bond donors (Lipinski definition) is 0. The SMILES string of the molecule is CO[Si](C)(OCC(C)C)OC(C)=O. The van der Waals surface area contributed by atoms with Crippen LogP contribution >= 0.6 is 0 Å². The standard InChI is InChI=1S/C8H18O4Si/c1-7(2)6-11-13(5,10-4)12-8(3)9/h7H,6H2,1-5H3. The second-order valence-electron chi connectivity index (χ2n) is 3.36. The van der Waals surface area contributed by atoms with Gasteiger partial charge in [0.15, 0.2) is 0 Å². The Morgan fingerprint density at radius 3 is 2.31 bits per heavy atom. The van der Waals surface area contributed by atoms with Gasteiger partial charge in [0.1, 0.15) is 0 Å². The van der Waals surface area contributed by atoms with Crippen LogP contribution in [0.2, 0.25) is 6.55 Å². The van der Waals surface area contributed by atoms with Crippen LogP contribution in [0.25, 0.3) is 0 Å². The summed E-state index contributed by atoms with van der Waals surface area (Å²) in [5.41, 5.74) is 0. The molecule has 0 aromatic rings. The minimum absolute atomic E-state index is 0.361. The normalized spacial score (nSPS) is 15.5. The molecule has 0 radical (unpaired) electrons. The van der Waals surface area contributed by atoms with Gasteiger partial charge in [0.05, 0.1) is 0 Å². The maximum absolute atomic E-state index is 10.7. The number of carbonyl (C=O) groups is 1. The van der Waals surface area contributed by atoms with Gasteiger partial charge in [-0.3, -0.25) is 4.79 Å². The molecule has 13 heavy (non-hydrogen) atoms. The first-order chi connectivity index (χ1) is 5.89. The predicted octanol–water partition coefficient (Wildman–Crippen LogP) is 1.44. The lowest BCUT2D eigenvalue weighted by Crippen LogP contribution is -2.43. The van der Waals surface area contributed by atoms with E-state index in [-0.39, 0.29) is 5.97 Å². The molecule has 0 bridgehead atoms. The Morgan fingerprint density at radius 1 is 1.46 bits per heavy atom. The highest BCUT2D eigenvalue weighted by Gasteiger charge is 2.37. The molecule has 0 aromatic carbocycles. The third-order valence-corrected chi connectivity index (χ3v) is 3.47. The van der Waals surface area contributed by atoms with E-state index < -0.39 is 8.80 Å². The van der Waals surface area contributed by atoms with Gasteiger partial charge in [-0.1, -0.05) is 13.8 Å². The fraction of sp³-hybridized carbons (Fsp3) is 0.875. The van der Waals surface area contributed by atoms with Crippen molar-refractivity contribution in [3.05, 3.63) is 0 Å². The summed E-state index contributed by atoms with van der Waals surface area (Å²) in [5.74, 6) is 0.0392. The van der Waals surface area contributed by atoms with Gasteiger partial charge in [-0.05, 0) is 5.92 Å². The first kappa shape index (κ1) is 12.6. The molecule has 4 nitrogen and oxygen atoms in total. The number of hydrogen-bond acceptors (Lipinski definition) is 4. The zero-order valence-corrected chi connectivity index (χ0v) is 9.92. The van der Waals surface area contributed by atoms with Crippen LogP contribution < -0.4 is 0 Å². The smallest absolute Gasteiger partial charge is 0.474 e. The molecule has 0 aromatic heterocycles. The third-order valence-electron chi connectivity index (χ3n) is 1.38. The van der Waals surface area contributed by atoms with Crippen LogP contribution in [0.1, 0.15) is 20.8 Å². The van der Waals surface area contributed by atoms with Crippen molar-refractivity contribution in [2.75, 3.05) is 13.7 Å². The maximum atomic E-state index is 10.7. The summed E-state index contributed by atoms with van der Waals surface area (Å²) in [6, 6.07) is 0. The van der Waals surface area contributed by atoms with Crippen LogP contribution in [0.4, 0.5) is 0 Å². The van der Waals surface area contributed by atoms with Crippen molar-refractivity contribution in [1.82, 2.24) is 0 Å². The Kier molecular flexibility index (Phi) is 5.20. The monoisotopic (exact) mass is 206 g/mol. The van der Waals surface area contributed by atoms with Gasteiger partial charge in [-0.25, -0.2) is 0 Å². The summed E-state index contributed by atoms with van der Waals surface area (Å²) < 4.78 is 15.5. The molecule has 0 N–H and O–H groups in total. The van der Waals surface area contributed by atoms with Crippen LogP contribution in [0.3, 0.4) is 0 Å². The van der Waals surface area contributed by atoms with Crippen LogP contribution in [-0.4, -0.2) is 28.5 Å². The van der Waals surface area contributed by atoms with E-state index in [0.717, 1.165) is 0 Å². The quantitative estimate of drug-likeness (QED) is 0.638. The molecule has 1 unspecified atom stereocenters. The summed E-state index contributed by atoms with van der Waals surface area (Å²) in [5, 5.41) is 0. The molecule has 0 fully saturated rings. The van der Waals surface area contributed by atoms with E-state index >= 15 is 0 Å². The number of carbonyl (C=O) groups excluding carboxylic acids is 1. The van der Waals surface area contributed by atoms with Crippen molar-refractivity contribution in [3.63, 3.8) is 0 Å². The van der Waals surface area contributed by atoms with Crippen molar-refractivity contribution in [1.29, 1.82) is 0 Å². The molecular weight excluding hydrogens is 188 g/mol. The molecule has 0 saturated carbocycles. The zero-order chi connectivity index (χ0) is 10.5. The molecule has 0 saturated heterocycles. The van der Waals surface area contributed by atoms with Gasteiger partial charge in [0.25, 0.3) is 5.97 Å². The van der Waals surface area contributed by atoms with E-state index in [1.807, 2.05) is 13.8 Å². The van der Waals surface area contributed by atoms with E-state index in [2.05, 4.69) is 0 Å². The second kappa shape index (κ2) is 5.36. The topological polar surface area (TPSA) is 44.8 Å². The minimum atomic E-state index is -2.70. The highest BCUT2D eigenvalue weighted by molar-refractivity contribution is 6.60. The minimum Gasteiger partial charge on any atom is -0.474 e. The highest BCUT2D eigenvalue weighted by atomic mass is 28.4. The van der Waals surface area contributed by atoms with E-state index in [9.17, 15) is 4.79 Å². The summed E-state index contributed by atoms with van der Waals surface area (Å²) >= 11 is 0. The van der Waals surface area contributed by atoms with Crippen molar-refractivity contribution < 1.29 is 18.1 Å². The van der Waals surface area contributed by atoms with Gasteiger partial charge >= 0.3 is 8.80 Å². The van der Waals surface area contributed by atoms with Crippen molar-refractivity contribution in [2.45, 2.75) is 27.3 Å². The van der Waals surface area contributed by atoms with Gasteiger partial charge in [0.2, 0.25) is 0 Å². The second-order valence-corrected chi connectivity index (χ2v) is 5.99. The first-order valence-electron chi connectivity index (χ1n) is 4.28. The molecule has 0 heterocycles. The maximum Gasteiger partial charge on any atom is 0.564 e. The molecular formula is C8H18O4Si. The molecule has 0 aliphatic heterocycles. The third kappa shape index (κ3) is 5.79. The summed E-state index contributed by atoms with van der Waals surface area (Å²) in [6.07, 6.45) is 0. The lowest BCUT2D eigenvalue weighted by atomic mass is 10.2. The Hall–Kier alpha value is -0.393. The van der Waals surface area contributed by atoms with Crippen molar-refractivity contribution in [2.24, 2.45) is 5.92 Å². The van der Waals surface area contributed by atoms with Crippen LogP contribution in [-0.2, 0) is 18.1 Å². The largest absolute Gasteiger partial charge is 0.564 e. The Bertz CT molecular complexity index is 172. The highest BCUT2D eigenvalue weighted by Crippen LogP contribution is 2.10. The van der Waals surface area contributed by atoms with E-state index in [4.69, 9.17) is 13.3 Å². The lowest BCUT2D eigenvalue weighted by molar-refractivity contribution is -0.136. The Balaban J connectivity index is 4.03. The molecule has 1 atom stereocenters. The molecule has 5 heteroatoms. The van der Waals surface area contributed by atoms with E-state index in [1.54, 1.807) is 6.55 Å². The van der Waals surface area contributed by atoms with Crippen LogP contribution in [0.15, 0.2) is 0 Å². The first-order valence-corrected chi connectivity index (χ1v) is 6.51. The summed E-state index contributed by atoms with van der Waals surface area (Å²) in [4.78, 5) is 10.7. The van der Waals surface area contributed by atoms with Gasteiger partial charge < -0.3 is 13.3 Å².